The molecule has 0 amide bonds. The lowest BCUT2D eigenvalue weighted by molar-refractivity contribution is 0.690. The molecule has 0 spiro atoms. The Kier molecular flexibility index (Phi) is 5.49. The van der Waals surface area contributed by atoms with E-state index in [2.05, 4.69) is 76.8 Å². The Labute approximate surface area is 147 Å². The highest BCUT2D eigenvalue weighted by Crippen LogP contribution is 2.23. The highest BCUT2D eigenvalue weighted by Gasteiger charge is 2.12. The Bertz CT molecular complexity index is 809. The molecule has 0 unspecified atom stereocenters. The summed E-state index contributed by atoms with van der Waals surface area (Å²) >= 11 is 1.72. The van der Waals surface area contributed by atoms with E-state index in [9.17, 15) is 0 Å². The monoisotopic (exact) mass is 335 g/mol. The molecule has 0 bridgehead atoms. The molecule has 1 heterocycles. The summed E-state index contributed by atoms with van der Waals surface area (Å²) in [5.74, 6) is 1.87. The molecule has 0 aliphatic rings. The van der Waals surface area contributed by atoms with E-state index in [1.165, 1.54) is 16.7 Å². The van der Waals surface area contributed by atoms with Crippen LogP contribution in [0.4, 0.5) is 0 Å². The Morgan fingerprint density at radius 1 is 1.04 bits per heavy atom. The minimum atomic E-state index is 0.727. The number of nitrogens with zero attached hydrogens (tertiary/aromatic N) is 3. The number of hydrogen-bond donors (Lipinski definition) is 0. The fraction of sp³-hybridized carbons (Fsp3) is 0.200. The van der Waals surface area contributed by atoms with E-state index in [-0.39, 0.29) is 0 Å². The summed E-state index contributed by atoms with van der Waals surface area (Å²) in [7, 11) is 0. The molecule has 0 radical (unpaired) electrons. The zero-order valence-electron chi connectivity index (χ0n) is 13.9. The van der Waals surface area contributed by atoms with E-state index in [1.807, 2.05) is 12.1 Å². The number of rotatable bonds is 7. The SMILES string of the molecule is C=CCn1c(Cc2ccccc2)nnc1SCc1cccc(C)c1. The summed E-state index contributed by atoms with van der Waals surface area (Å²) in [5.41, 5.74) is 3.83. The van der Waals surface area contributed by atoms with Gasteiger partial charge in [0.2, 0.25) is 0 Å². The van der Waals surface area contributed by atoms with Crippen molar-refractivity contribution >= 4 is 11.8 Å². The lowest BCUT2D eigenvalue weighted by Crippen LogP contribution is -2.04. The topological polar surface area (TPSA) is 30.7 Å². The molecule has 3 rings (SSSR count). The number of aromatic nitrogens is 3. The predicted octanol–water partition coefficient (Wildman–Crippen LogP) is 4.66. The zero-order chi connectivity index (χ0) is 16.8. The second-order valence-corrected chi connectivity index (χ2v) is 6.68. The van der Waals surface area contributed by atoms with Crippen LogP contribution in [0, 0.1) is 6.92 Å². The van der Waals surface area contributed by atoms with Crippen LogP contribution in [-0.2, 0) is 18.7 Å². The van der Waals surface area contributed by atoms with Crippen LogP contribution < -0.4 is 0 Å². The number of aryl methyl sites for hydroxylation is 1. The minimum absolute atomic E-state index is 0.727. The van der Waals surface area contributed by atoms with Crippen LogP contribution in [-0.4, -0.2) is 14.8 Å². The van der Waals surface area contributed by atoms with Crippen molar-refractivity contribution in [2.75, 3.05) is 0 Å². The summed E-state index contributed by atoms with van der Waals surface area (Å²) in [6, 6.07) is 19.0. The van der Waals surface area contributed by atoms with Crippen molar-refractivity contribution in [1.82, 2.24) is 14.8 Å². The zero-order valence-corrected chi connectivity index (χ0v) is 14.7. The molecule has 0 fully saturated rings. The van der Waals surface area contributed by atoms with Crippen LogP contribution in [0.15, 0.2) is 72.4 Å². The molecule has 2 aromatic carbocycles. The molecular formula is C20H21N3S. The average Bonchev–Trinajstić information content (AvgIpc) is 2.96. The van der Waals surface area contributed by atoms with E-state index < -0.39 is 0 Å². The van der Waals surface area contributed by atoms with E-state index in [0.29, 0.717) is 0 Å². The molecule has 0 saturated heterocycles. The maximum Gasteiger partial charge on any atom is 0.191 e. The molecule has 24 heavy (non-hydrogen) atoms. The van der Waals surface area contributed by atoms with E-state index in [0.717, 1.165) is 29.7 Å². The Hall–Kier alpha value is -2.33. The summed E-state index contributed by atoms with van der Waals surface area (Å²) in [4.78, 5) is 0. The lowest BCUT2D eigenvalue weighted by atomic mass is 10.1. The third-order valence-electron chi connectivity index (χ3n) is 3.76. The Morgan fingerprint density at radius 3 is 2.58 bits per heavy atom. The first-order valence-corrected chi connectivity index (χ1v) is 9.00. The van der Waals surface area contributed by atoms with Crippen LogP contribution >= 0.6 is 11.8 Å². The fourth-order valence-electron chi connectivity index (χ4n) is 2.60. The van der Waals surface area contributed by atoms with Gasteiger partial charge in [0, 0.05) is 18.7 Å². The maximum atomic E-state index is 4.40. The smallest absolute Gasteiger partial charge is 0.191 e. The van der Waals surface area contributed by atoms with Crippen LogP contribution in [0.25, 0.3) is 0 Å². The normalized spacial score (nSPS) is 10.7. The molecular weight excluding hydrogens is 314 g/mol. The number of hydrogen-bond acceptors (Lipinski definition) is 3. The van der Waals surface area contributed by atoms with Crippen molar-refractivity contribution < 1.29 is 0 Å². The van der Waals surface area contributed by atoms with Gasteiger partial charge in [0.05, 0.1) is 0 Å². The molecule has 0 aliphatic carbocycles. The predicted molar refractivity (Wildman–Crippen MR) is 100 cm³/mol. The van der Waals surface area contributed by atoms with Crippen molar-refractivity contribution in [3.63, 3.8) is 0 Å². The molecule has 0 N–H and O–H groups in total. The second kappa shape index (κ2) is 7.97. The van der Waals surface area contributed by atoms with E-state index in [4.69, 9.17) is 0 Å². The number of allylic oxidation sites excluding steroid dienone is 1. The van der Waals surface area contributed by atoms with Gasteiger partial charge >= 0.3 is 0 Å². The van der Waals surface area contributed by atoms with Crippen molar-refractivity contribution in [1.29, 1.82) is 0 Å². The molecule has 0 saturated carbocycles. The van der Waals surface area contributed by atoms with Gasteiger partial charge in [0.15, 0.2) is 5.16 Å². The average molecular weight is 335 g/mol. The van der Waals surface area contributed by atoms with Crippen LogP contribution in [0.5, 0.6) is 0 Å². The lowest BCUT2D eigenvalue weighted by Gasteiger charge is -2.08. The molecule has 1 aromatic heterocycles. The second-order valence-electron chi connectivity index (χ2n) is 5.74. The van der Waals surface area contributed by atoms with Gasteiger partial charge in [0.25, 0.3) is 0 Å². The highest BCUT2D eigenvalue weighted by molar-refractivity contribution is 7.98. The summed E-state index contributed by atoms with van der Waals surface area (Å²) in [6.07, 6.45) is 2.68. The molecule has 4 heteroatoms. The van der Waals surface area contributed by atoms with Gasteiger partial charge in [-0.1, -0.05) is 78.0 Å². The molecule has 3 aromatic rings. The number of benzene rings is 2. The largest absolute Gasteiger partial charge is 0.302 e. The van der Waals surface area contributed by atoms with Gasteiger partial charge in [0.1, 0.15) is 5.82 Å². The van der Waals surface area contributed by atoms with Crippen molar-refractivity contribution in [2.24, 2.45) is 0 Å². The molecule has 0 aliphatic heterocycles. The molecule has 0 atom stereocenters. The van der Waals surface area contributed by atoms with Crippen LogP contribution in [0.1, 0.15) is 22.5 Å². The van der Waals surface area contributed by atoms with Gasteiger partial charge in [-0.15, -0.1) is 16.8 Å². The van der Waals surface area contributed by atoms with Gasteiger partial charge in [-0.2, -0.15) is 0 Å². The highest BCUT2D eigenvalue weighted by atomic mass is 32.2. The Morgan fingerprint density at radius 2 is 1.83 bits per heavy atom. The van der Waals surface area contributed by atoms with Crippen molar-refractivity contribution in [3.05, 3.63) is 89.8 Å². The summed E-state index contributed by atoms with van der Waals surface area (Å²) in [5, 5.41) is 9.75. The van der Waals surface area contributed by atoms with Crippen molar-refractivity contribution in [2.45, 2.75) is 30.8 Å². The quantitative estimate of drug-likeness (QED) is 0.465. The third kappa shape index (κ3) is 4.15. The first-order valence-electron chi connectivity index (χ1n) is 8.01. The molecule has 122 valence electrons. The van der Waals surface area contributed by atoms with Crippen LogP contribution in [0.2, 0.25) is 0 Å². The van der Waals surface area contributed by atoms with Gasteiger partial charge < -0.3 is 4.57 Å². The third-order valence-corrected chi connectivity index (χ3v) is 4.80. The van der Waals surface area contributed by atoms with E-state index >= 15 is 0 Å². The first kappa shape index (κ1) is 16.5. The summed E-state index contributed by atoms with van der Waals surface area (Å²) in [6.45, 7) is 6.71. The van der Waals surface area contributed by atoms with Crippen molar-refractivity contribution in [3.8, 4) is 0 Å². The Balaban J connectivity index is 1.76. The molecule has 3 nitrogen and oxygen atoms in total. The van der Waals surface area contributed by atoms with Gasteiger partial charge in [-0.3, -0.25) is 0 Å². The maximum absolute atomic E-state index is 4.40. The fourth-order valence-corrected chi connectivity index (χ4v) is 3.51. The minimum Gasteiger partial charge on any atom is -0.302 e. The standard InChI is InChI=1S/C20H21N3S/c1-3-12-23-19(14-17-9-5-4-6-10-17)21-22-20(23)24-15-18-11-7-8-16(2)13-18/h3-11,13H,1,12,14-15H2,2H3. The van der Waals surface area contributed by atoms with Gasteiger partial charge in [-0.05, 0) is 18.1 Å². The first-order chi connectivity index (χ1) is 11.8. The van der Waals surface area contributed by atoms with E-state index in [1.54, 1.807) is 11.8 Å². The summed E-state index contributed by atoms with van der Waals surface area (Å²) < 4.78 is 2.15. The van der Waals surface area contributed by atoms with Crippen LogP contribution in [0.3, 0.4) is 0 Å². The number of thioether (sulfide) groups is 1. The van der Waals surface area contributed by atoms with Gasteiger partial charge in [-0.25, -0.2) is 0 Å².